The van der Waals surface area contributed by atoms with E-state index in [1.54, 1.807) is 0 Å². The molecule has 2 rings (SSSR count). The summed E-state index contributed by atoms with van der Waals surface area (Å²) in [5.41, 5.74) is 1.90. The van der Waals surface area contributed by atoms with Crippen molar-refractivity contribution in [3.8, 4) is 0 Å². The van der Waals surface area contributed by atoms with Crippen molar-refractivity contribution in [3.63, 3.8) is 0 Å². The number of hydrogen-bond donors (Lipinski definition) is 1. The molecular formula is C13H15ClO2. The molecule has 2 atom stereocenters. The Bertz CT molecular complexity index is 451. The van der Waals surface area contributed by atoms with E-state index in [0.29, 0.717) is 5.02 Å². The largest absolute Gasteiger partial charge is 0.481 e. The molecule has 0 heterocycles. The molecule has 1 fully saturated rings. The molecule has 1 saturated carbocycles. The summed E-state index contributed by atoms with van der Waals surface area (Å²) >= 11 is 6.14. The first-order valence-corrected chi connectivity index (χ1v) is 5.72. The van der Waals surface area contributed by atoms with Crippen molar-refractivity contribution in [2.75, 3.05) is 0 Å². The number of carboxylic acids is 1. The second-order valence-electron chi connectivity index (χ2n) is 5.14. The van der Waals surface area contributed by atoms with Gasteiger partial charge in [0.25, 0.3) is 0 Å². The molecule has 1 aliphatic carbocycles. The van der Waals surface area contributed by atoms with Crippen LogP contribution in [0.15, 0.2) is 18.2 Å². The van der Waals surface area contributed by atoms with Gasteiger partial charge in [0, 0.05) is 10.9 Å². The molecule has 0 radical (unpaired) electrons. The highest BCUT2D eigenvalue weighted by Crippen LogP contribution is 2.65. The van der Waals surface area contributed by atoms with E-state index in [4.69, 9.17) is 16.7 Å². The zero-order valence-corrected chi connectivity index (χ0v) is 10.4. The average molecular weight is 239 g/mol. The van der Waals surface area contributed by atoms with E-state index < -0.39 is 5.97 Å². The van der Waals surface area contributed by atoms with E-state index in [2.05, 4.69) is 0 Å². The summed E-state index contributed by atoms with van der Waals surface area (Å²) in [5, 5.41) is 9.81. The summed E-state index contributed by atoms with van der Waals surface area (Å²) in [6, 6.07) is 5.79. The fourth-order valence-corrected chi connectivity index (χ4v) is 2.82. The average Bonchev–Trinajstić information content (AvgIpc) is 2.73. The Hall–Kier alpha value is -1.02. The maximum absolute atomic E-state index is 11.1. The van der Waals surface area contributed by atoms with Crippen LogP contribution in [0.5, 0.6) is 0 Å². The van der Waals surface area contributed by atoms with Crippen molar-refractivity contribution < 1.29 is 9.90 Å². The molecule has 16 heavy (non-hydrogen) atoms. The lowest BCUT2D eigenvalue weighted by Crippen LogP contribution is -2.03. The first-order chi connectivity index (χ1) is 7.35. The third-order valence-corrected chi connectivity index (χ3v) is 3.92. The standard InChI is InChI=1S/C13H15ClO2/c1-7-4-5-9(14)8(6-7)10-11(12(15)16)13(10,2)3/h4-6,10-11H,1-3H3,(H,15,16). The van der Waals surface area contributed by atoms with Crippen molar-refractivity contribution in [2.45, 2.75) is 26.7 Å². The van der Waals surface area contributed by atoms with Crippen LogP contribution in [0.2, 0.25) is 5.02 Å². The van der Waals surface area contributed by atoms with Gasteiger partial charge in [0.05, 0.1) is 5.92 Å². The van der Waals surface area contributed by atoms with E-state index in [1.165, 1.54) is 0 Å². The van der Waals surface area contributed by atoms with E-state index in [1.807, 2.05) is 39.0 Å². The van der Waals surface area contributed by atoms with Gasteiger partial charge < -0.3 is 5.11 Å². The van der Waals surface area contributed by atoms with Crippen LogP contribution in [-0.2, 0) is 4.79 Å². The highest BCUT2D eigenvalue weighted by Gasteiger charge is 2.63. The Balaban J connectivity index is 2.40. The molecule has 0 bridgehead atoms. The van der Waals surface area contributed by atoms with Gasteiger partial charge in [-0.3, -0.25) is 4.79 Å². The van der Waals surface area contributed by atoms with Crippen LogP contribution < -0.4 is 0 Å². The van der Waals surface area contributed by atoms with Gasteiger partial charge in [-0.15, -0.1) is 0 Å². The molecule has 1 aromatic rings. The summed E-state index contributed by atoms with van der Waals surface area (Å²) in [6.45, 7) is 5.95. The number of hydrogen-bond acceptors (Lipinski definition) is 1. The lowest BCUT2D eigenvalue weighted by atomic mass is 10.0. The molecule has 2 nitrogen and oxygen atoms in total. The minimum absolute atomic E-state index is 0.0393. The van der Waals surface area contributed by atoms with Gasteiger partial charge in [0.1, 0.15) is 0 Å². The molecule has 1 aliphatic rings. The number of halogens is 1. The number of benzene rings is 1. The first-order valence-electron chi connectivity index (χ1n) is 5.34. The molecule has 0 aromatic heterocycles. The van der Waals surface area contributed by atoms with Crippen LogP contribution in [0.25, 0.3) is 0 Å². The number of carboxylic acid groups (broad SMARTS) is 1. The van der Waals surface area contributed by atoms with Crippen molar-refractivity contribution >= 4 is 17.6 Å². The van der Waals surface area contributed by atoms with Gasteiger partial charge in [-0.1, -0.05) is 43.1 Å². The smallest absolute Gasteiger partial charge is 0.307 e. The number of rotatable bonds is 2. The Kier molecular flexibility index (Phi) is 2.50. The summed E-state index contributed by atoms with van der Waals surface area (Å²) in [7, 11) is 0. The van der Waals surface area contributed by atoms with E-state index in [9.17, 15) is 4.79 Å². The molecule has 1 N–H and O–H groups in total. The maximum atomic E-state index is 11.1. The highest BCUT2D eigenvalue weighted by atomic mass is 35.5. The minimum atomic E-state index is -0.729. The van der Waals surface area contributed by atoms with Gasteiger partial charge in [-0.05, 0) is 24.0 Å². The summed E-state index contributed by atoms with van der Waals surface area (Å²) in [4.78, 5) is 11.1. The third kappa shape index (κ3) is 1.61. The molecule has 3 heteroatoms. The Labute approximate surface area is 100 Å². The Morgan fingerprint density at radius 1 is 1.44 bits per heavy atom. The zero-order chi connectivity index (χ0) is 12.1. The minimum Gasteiger partial charge on any atom is -0.481 e. The van der Waals surface area contributed by atoms with Gasteiger partial charge >= 0.3 is 5.97 Å². The van der Waals surface area contributed by atoms with Gasteiger partial charge in [-0.25, -0.2) is 0 Å². The quantitative estimate of drug-likeness (QED) is 0.857. The number of carbonyl (C=O) groups is 1. The van der Waals surface area contributed by atoms with Crippen LogP contribution >= 0.6 is 11.6 Å². The zero-order valence-electron chi connectivity index (χ0n) is 9.62. The molecular weight excluding hydrogens is 224 g/mol. The number of aliphatic carboxylic acids is 1. The summed E-state index contributed by atoms with van der Waals surface area (Å²) < 4.78 is 0. The fraction of sp³-hybridized carbons (Fsp3) is 0.462. The van der Waals surface area contributed by atoms with E-state index in [0.717, 1.165) is 11.1 Å². The molecule has 2 unspecified atom stereocenters. The molecule has 0 spiro atoms. The molecule has 1 aromatic carbocycles. The molecule has 86 valence electrons. The van der Waals surface area contributed by atoms with Gasteiger partial charge in [-0.2, -0.15) is 0 Å². The SMILES string of the molecule is Cc1ccc(Cl)c(C2C(C(=O)O)C2(C)C)c1. The van der Waals surface area contributed by atoms with Crippen LogP contribution in [0, 0.1) is 18.3 Å². The Morgan fingerprint density at radius 3 is 2.56 bits per heavy atom. The second kappa shape index (κ2) is 3.49. The number of aryl methyl sites for hydroxylation is 1. The first kappa shape index (κ1) is 11.5. The van der Waals surface area contributed by atoms with E-state index in [-0.39, 0.29) is 17.3 Å². The Morgan fingerprint density at radius 2 is 2.06 bits per heavy atom. The summed E-state index contributed by atoms with van der Waals surface area (Å²) in [6.07, 6.45) is 0. The van der Waals surface area contributed by atoms with Gasteiger partial charge in [0.15, 0.2) is 0 Å². The van der Waals surface area contributed by atoms with Crippen molar-refractivity contribution in [1.82, 2.24) is 0 Å². The van der Waals surface area contributed by atoms with Crippen molar-refractivity contribution in [2.24, 2.45) is 11.3 Å². The topological polar surface area (TPSA) is 37.3 Å². The van der Waals surface area contributed by atoms with Crippen LogP contribution in [0.4, 0.5) is 0 Å². The fourth-order valence-electron chi connectivity index (χ4n) is 2.58. The van der Waals surface area contributed by atoms with E-state index >= 15 is 0 Å². The van der Waals surface area contributed by atoms with Crippen LogP contribution in [0.3, 0.4) is 0 Å². The summed E-state index contributed by atoms with van der Waals surface area (Å²) in [5.74, 6) is -1.00. The lowest BCUT2D eigenvalue weighted by molar-refractivity contribution is -0.139. The molecule has 0 saturated heterocycles. The maximum Gasteiger partial charge on any atom is 0.307 e. The third-order valence-electron chi connectivity index (χ3n) is 3.58. The predicted molar refractivity (Wildman–Crippen MR) is 63.8 cm³/mol. The van der Waals surface area contributed by atoms with Gasteiger partial charge in [0.2, 0.25) is 0 Å². The predicted octanol–water partition coefficient (Wildman–Crippen LogP) is 3.47. The second-order valence-corrected chi connectivity index (χ2v) is 5.55. The highest BCUT2D eigenvalue weighted by molar-refractivity contribution is 6.31. The monoisotopic (exact) mass is 238 g/mol. The van der Waals surface area contributed by atoms with Crippen molar-refractivity contribution in [3.05, 3.63) is 34.3 Å². The van der Waals surface area contributed by atoms with Crippen LogP contribution in [-0.4, -0.2) is 11.1 Å². The molecule has 0 amide bonds. The lowest BCUT2D eigenvalue weighted by Gasteiger charge is -2.06. The normalized spacial score (nSPS) is 26.5. The van der Waals surface area contributed by atoms with Crippen molar-refractivity contribution in [1.29, 1.82) is 0 Å². The van der Waals surface area contributed by atoms with Crippen LogP contribution in [0.1, 0.15) is 30.9 Å². The molecule has 0 aliphatic heterocycles.